The Morgan fingerprint density at radius 1 is 1.30 bits per heavy atom. The molecule has 0 saturated heterocycles. The molecule has 7 heteroatoms. The molecule has 0 saturated carbocycles. The largest absolute Gasteiger partial charge is 0.494 e. The summed E-state index contributed by atoms with van der Waals surface area (Å²) in [5.41, 5.74) is 1.16. The van der Waals surface area contributed by atoms with E-state index in [2.05, 4.69) is 20.3 Å². The summed E-state index contributed by atoms with van der Waals surface area (Å²) in [6.45, 7) is 0.480. The Hall–Kier alpha value is -2.34. The van der Waals surface area contributed by atoms with Gasteiger partial charge in [-0.2, -0.15) is 4.98 Å². The molecule has 3 heterocycles. The van der Waals surface area contributed by atoms with Crippen LogP contribution in [0.25, 0.3) is 11.0 Å². The third-order valence-corrected chi connectivity index (χ3v) is 2.92. The Morgan fingerprint density at radius 3 is 2.95 bits per heavy atom. The Morgan fingerprint density at radius 2 is 2.20 bits per heavy atom. The second-order valence-corrected chi connectivity index (χ2v) is 4.32. The van der Waals surface area contributed by atoms with E-state index < -0.39 is 0 Å². The summed E-state index contributed by atoms with van der Waals surface area (Å²) in [7, 11) is 1.57. The van der Waals surface area contributed by atoms with E-state index in [4.69, 9.17) is 20.8 Å². The van der Waals surface area contributed by atoms with Crippen LogP contribution in [0.2, 0.25) is 5.28 Å². The second-order valence-electron chi connectivity index (χ2n) is 3.98. The zero-order valence-electron chi connectivity index (χ0n) is 10.6. The van der Waals surface area contributed by atoms with Gasteiger partial charge in [0.05, 0.1) is 19.9 Å². The normalized spacial score (nSPS) is 10.7. The van der Waals surface area contributed by atoms with Crippen molar-refractivity contribution in [1.29, 1.82) is 0 Å². The Kier molecular flexibility index (Phi) is 3.39. The van der Waals surface area contributed by atoms with Crippen molar-refractivity contribution in [1.82, 2.24) is 15.0 Å². The van der Waals surface area contributed by atoms with E-state index >= 15 is 0 Å². The molecule has 0 aliphatic rings. The summed E-state index contributed by atoms with van der Waals surface area (Å²) >= 11 is 5.94. The minimum atomic E-state index is 0.130. The Balaban J connectivity index is 2.01. The molecule has 0 aromatic carbocycles. The summed E-state index contributed by atoms with van der Waals surface area (Å²) in [5.74, 6) is 1.92. The topological polar surface area (TPSA) is 73.1 Å². The highest BCUT2D eigenvalue weighted by Gasteiger charge is 2.12. The molecule has 1 N–H and O–H groups in total. The molecule has 102 valence electrons. The summed E-state index contributed by atoms with van der Waals surface area (Å²) < 4.78 is 10.5. The molecule has 0 unspecified atom stereocenters. The van der Waals surface area contributed by atoms with Gasteiger partial charge in [-0.15, -0.1) is 0 Å². The predicted molar refractivity (Wildman–Crippen MR) is 74.9 cm³/mol. The first-order valence-corrected chi connectivity index (χ1v) is 6.28. The first kappa shape index (κ1) is 12.7. The fraction of sp³-hybridized carbons (Fsp3) is 0.154. The van der Waals surface area contributed by atoms with E-state index in [-0.39, 0.29) is 5.28 Å². The van der Waals surface area contributed by atoms with E-state index in [0.717, 1.165) is 5.76 Å². The van der Waals surface area contributed by atoms with Crippen LogP contribution in [0.15, 0.2) is 35.1 Å². The number of hydrogen-bond acceptors (Lipinski definition) is 6. The van der Waals surface area contributed by atoms with Crippen LogP contribution in [0.3, 0.4) is 0 Å². The predicted octanol–water partition coefficient (Wildman–Crippen LogP) is 2.89. The minimum absolute atomic E-state index is 0.130. The average molecular weight is 291 g/mol. The van der Waals surface area contributed by atoms with Crippen molar-refractivity contribution < 1.29 is 9.15 Å². The van der Waals surface area contributed by atoms with Gasteiger partial charge in [0.25, 0.3) is 0 Å². The number of methoxy groups -OCH3 is 1. The summed E-state index contributed by atoms with van der Waals surface area (Å²) in [6, 6.07) is 5.41. The van der Waals surface area contributed by atoms with Gasteiger partial charge in [-0.1, -0.05) is 0 Å². The number of nitrogens with one attached hydrogen (secondary N) is 1. The number of aromatic nitrogens is 3. The second kappa shape index (κ2) is 5.34. The zero-order valence-corrected chi connectivity index (χ0v) is 11.4. The van der Waals surface area contributed by atoms with E-state index in [1.54, 1.807) is 25.6 Å². The SMILES string of the molecule is COc1ccnc2c(NCc3ccco3)nc(Cl)nc12. The Labute approximate surface area is 119 Å². The van der Waals surface area contributed by atoms with Crippen molar-refractivity contribution in [3.63, 3.8) is 0 Å². The van der Waals surface area contributed by atoms with Gasteiger partial charge in [0.1, 0.15) is 22.5 Å². The number of fused-ring (bicyclic) bond motifs is 1. The van der Waals surface area contributed by atoms with Crippen molar-refractivity contribution in [3.8, 4) is 5.75 Å². The van der Waals surface area contributed by atoms with E-state index in [1.165, 1.54) is 0 Å². The molecule has 0 atom stereocenters. The molecule has 0 amide bonds. The van der Waals surface area contributed by atoms with Crippen molar-refractivity contribution >= 4 is 28.5 Å². The van der Waals surface area contributed by atoms with Gasteiger partial charge >= 0.3 is 0 Å². The van der Waals surface area contributed by atoms with Crippen LogP contribution in [0.1, 0.15) is 5.76 Å². The zero-order chi connectivity index (χ0) is 13.9. The van der Waals surface area contributed by atoms with Gasteiger partial charge in [0.15, 0.2) is 5.82 Å². The maximum atomic E-state index is 5.94. The molecule has 3 rings (SSSR count). The van der Waals surface area contributed by atoms with Crippen LogP contribution in [-0.2, 0) is 6.54 Å². The third kappa shape index (κ3) is 2.37. The molecular weight excluding hydrogens is 280 g/mol. The highest BCUT2D eigenvalue weighted by Crippen LogP contribution is 2.27. The van der Waals surface area contributed by atoms with Crippen LogP contribution in [0.4, 0.5) is 5.82 Å². The lowest BCUT2D eigenvalue weighted by Gasteiger charge is -2.09. The number of furan rings is 1. The first-order chi connectivity index (χ1) is 9.78. The lowest BCUT2D eigenvalue weighted by atomic mass is 10.3. The van der Waals surface area contributed by atoms with Crippen LogP contribution >= 0.6 is 11.6 Å². The van der Waals surface area contributed by atoms with Crippen molar-refractivity contribution in [2.45, 2.75) is 6.54 Å². The van der Waals surface area contributed by atoms with E-state index in [0.29, 0.717) is 29.1 Å². The van der Waals surface area contributed by atoms with Crippen molar-refractivity contribution in [3.05, 3.63) is 41.7 Å². The molecule has 0 fully saturated rings. The van der Waals surface area contributed by atoms with Gasteiger partial charge in [0.2, 0.25) is 5.28 Å². The summed E-state index contributed by atoms with van der Waals surface area (Å²) in [5, 5.41) is 3.27. The lowest BCUT2D eigenvalue weighted by Crippen LogP contribution is -2.04. The molecule has 20 heavy (non-hydrogen) atoms. The van der Waals surface area contributed by atoms with Crippen LogP contribution in [0.5, 0.6) is 5.75 Å². The highest BCUT2D eigenvalue weighted by atomic mass is 35.5. The van der Waals surface area contributed by atoms with Gasteiger partial charge in [-0.3, -0.25) is 4.98 Å². The van der Waals surface area contributed by atoms with E-state index in [9.17, 15) is 0 Å². The first-order valence-electron chi connectivity index (χ1n) is 5.90. The lowest BCUT2D eigenvalue weighted by molar-refractivity contribution is 0.418. The maximum absolute atomic E-state index is 5.94. The Bertz CT molecular complexity index is 731. The average Bonchev–Trinajstić information content (AvgIpc) is 2.97. The van der Waals surface area contributed by atoms with Crippen LogP contribution in [-0.4, -0.2) is 22.1 Å². The van der Waals surface area contributed by atoms with Crippen LogP contribution < -0.4 is 10.1 Å². The maximum Gasteiger partial charge on any atom is 0.225 e. The highest BCUT2D eigenvalue weighted by molar-refractivity contribution is 6.28. The molecule has 0 bridgehead atoms. The number of nitrogens with zero attached hydrogens (tertiary/aromatic N) is 3. The monoisotopic (exact) mass is 290 g/mol. The molecule has 6 nitrogen and oxygen atoms in total. The third-order valence-electron chi connectivity index (χ3n) is 2.75. The fourth-order valence-electron chi connectivity index (χ4n) is 1.85. The van der Waals surface area contributed by atoms with Crippen LogP contribution in [0, 0.1) is 0 Å². The number of ether oxygens (including phenoxy) is 1. The smallest absolute Gasteiger partial charge is 0.225 e. The number of hydrogen-bond donors (Lipinski definition) is 1. The van der Waals surface area contributed by atoms with Crippen molar-refractivity contribution in [2.75, 3.05) is 12.4 Å². The molecule has 0 radical (unpaired) electrons. The number of pyridine rings is 1. The molecule has 3 aromatic rings. The van der Waals surface area contributed by atoms with Crippen molar-refractivity contribution in [2.24, 2.45) is 0 Å². The van der Waals surface area contributed by atoms with Gasteiger partial charge in [-0.25, -0.2) is 4.98 Å². The standard InChI is InChI=1S/C13H11ClN4O2/c1-19-9-4-5-15-11-10(9)17-13(14)18-12(11)16-7-8-3-2-6-20-8/h2-6H,7H2,1H3,(H,16,17,18). The number of anilines is 1. The summed E-state index contributed by atoms with van der Waals surface area (Å²) in [6.07, 6.45) is 3.25. The van der Waals surface area contributed by atoms with Gasteiger partial charge in [0, 0.05) is 12.3 Å². The molecule has 3 aromatic heterocycles. The number of halogens is 1. The fourth-order valence-corrected chi connectivity index (χ4v) is 2.02. The van der Waals surface area contributed by atoms with Gasteiger partial charge < -0.3 is 14.5 Å². The number of rotatable bonds is 4. The minimum Gasteiger partial charge on any atom is -0.494 e. The molecule has 0 spiro atoms. The van der Waals surface area contributed by atoms with Gasteiger partial charge in [-0.05, 0) is 23.7 Å². The molecular formula is C13H11ClN4O2. The molecule has 0 aliphatic heterocycles. The molecule has 0 aliphatic carbocycles. The van der Waals surface area contributed by atoms with E-state index in [1.807, 2.05) is 12.1 Å². The quantitative estimate of drug-likeness (QED) is 0.745. The summed E-state index contributed by atoms with van der Waals surface area (Å²) in [4.78, 5) is 12.6.